The molecule has 0 unspecified atom stereocenters. The maximum Gasteiger partial charge on any atom is 0.223 e. The summed E-state index contributed by atoms with van der Waals surface area (Å²) in [5, 5.41) is 17.5. The Balaban J connectivity index is 1.55. The van der Waals surface area contributed by atoms with Crippen molar-refractivity contribution in [1.29, 1.82) is 0 Å². The van der Waals surface area contributed by atoms with Gasteiger partial charge in [0.1, 0.15) is 5.82 Å². The molecule has 1 aliphatic heterocycles. The lowest BCUT2D eigenvalue weighted by Gasteiger charge is -2.38. The van der Waals surface area contributed by atoms with Crippen LogP contribution in [0, 0.1) is 12.7 Å². The van der Waals surface area contributed by atoms with Crippen LogP contribution >= 0.6 is 0 Å². The van der Waals surface area contributed by atoms with Crippen molar-refractivity contribution in [1.82, 2.24) is 20.4 Å². The fourth-order valence-corrected chi connectivity index (χ4v) is 3.17. The molecule has 0 spiro atoms. The van der Waals surface area contributed by atoms with Crippen LogP contribution in [-0.2, 0) is 6.54 Å². The van der Waals surface area contributed by atoms with Crippen molar-refractivity contribution in [3.8, 4) is 11.4 Å². The van der Waals surface area contributed by atoms with Gasteiger partial charge in [0, 0.05) is 50.8 Å². The summed E-state index contributed by atoms with van der Waals surface area (Å²) < 4.78 is 19.4. The van der Waals surface area contributed by atoms with E-state index in [-0.39, 0.29) is 5.82 Å². The quantitative estimate of drug-likeness (QED) is 0.570. The van der Waals surface area contributed by atoms with E-state index in [1.807, 2.05) is 6.92 Å². The van der Waals surface area contributed by atoms with Gasteiger partial charge in [0.2, 0.25) is 11.7 Å². The van der Waals surface area contributed by atoms with Gasteiger partial charge in [-0.15, -0.1) is 0 Å². The van der Waals surface area contributed by atoms with Gasteiger partial charge in [0.15, 0.2) is 0 Å². The van der Waals surface area contributed by atoms with Crippen LogP contribution in [0.5, 0.6) is 0 Å². The van der Waals surface area contributed by atoms with Crippen LogP contribution in [0.3, 0.4) is 0 Å². The van der Waals surface area contributed by atoms with Gasteiger partial charge in [0.25, 0.3) is 0 Å². The third-order valence-corrected chi connectivity index (χ3v) is 4.82. The van der Waals surface area contributed by atoms with Crippen LogP contribution in [0.2, 0.25) is 0 Å². The summed E-state index contributed by atoms with van der Waals surface area (Å²) in [6.45, 7) is 6.81. The number of aliphatic hydroxyl groups is 1. The van der Waals surface area contributed by atoms with Crippen molar-refractivity contribution in [2.24, 2.45) is 4.99 Å². The Labute approximate surface area is 158 Å². The summed E-state index contributed by atoms with van der Waals surface area (Å²) in [4.78, 5) is 10.4. The highest BCUT2D eigenvalue weighted by atomic mass is 19.1. The molecule has 8 heteroatoms. The molecule has 0 radical (unpaired) electrons. The molecular weight excluding hydrogens is 349 g/mol. The van der Waals surface area contributed by atoms with Crippen LogP contribution in [0.1, 0.15) is 31.2 Å². The average molecular weight is 375 g/mol. The highest BCUT2D eigenvalue weighted by Crippen LogP contribution is 2.25. The van der Waals surface area contributed by atoms with Crippen LogP contribution in [0.25, 0.3) is 11.4 Å². The number of aromatic nitrogens is 2. The normalized spacial score (nSPS) is 17.5. The summed E-state index contributed by atoms with van der Waals surface area (Å²) in [7, 11) is 0. The smallest absolute Gasteiger partial charge is 0.223 e. The Morgan fingerprint density at radius 3 is 2.81 bits per heavy atom. The third kappa shape index (κ3) is 5.11. The number of hydrogen-bond acceptors (Lipinski definition) is 6. The maximum absolute atomic E-state index is 14.5. The molecule has 1 aromatic carbocycles. The lowest BCUT2D eigenvalue weighted by molar-refractivity contribution is -0.0185. The zero-order valence-corrected chi connectivity index (χ0v) is 15.8. The standard InChI is InChI=1S/C19H26FN5O2/c1-3-21-13-22-12-19(26)6-8-25(9-7-19)11-16-5-4-15(10-17(16)20)18-23-14(2)27-24-18/h4-5,10,13,26H,3,6-9,11-12H2,1-2H3,(H,21,22). The van der Waals surface area contributed by atoms with Gasteiger partial charge >= 0.3 is 0 Å². The highest BCUT2D eigenvalue weighted by molar-refractivity contribution is 5.55. The average Bonchev–Trinajstić information content (AvgIpc) is 3.09. The largest absolute Gasteiger partial charge is 0.388 e. The lowest BCUT2D eigenvalue weighted by atomic mass is 9.91. The van der Waals surface area contributed by atoms with E-state index in [1.165, 1.54) is 6.07 Å². The van der Waals surface area contributed by atoms with Gasteiger partial charge in [-0.05, 0) is 25.8 Å². The first kappa shape index (κ1) is 19.4. The molecule has 0 atom stereocenters. The van der Waals surface area contributed by atoms with E-state index in [1.54, 1.807) is 25.4 Å². The Bertz CT molecular complexity index is 784. The minimum Gasteiger partial charge on any atom is -0.388 e. The molecule has 2 N–H and O–H groups in total. The summed E-state index contributed by atoms with van der Waals surface area (Å²) in [6.07, 6.45) is 2.93. The fraction of sp³-hybridized carbons (Fsp3) is 0.526. The molecule has 0 saturated carbocycles. The maximum atomic E-state index is 14.5. The van der Waals surface area contributed by atoms with Gasteiger partial charge in [0.05, 0.1) is 11.9 Å². The molecule has 3 rings (SSSR count). The van der Waals surface area contributed by atoms with Crippen molar-refractivity contribution in [2.75, 3.05) is 26.2 Å². The molecule has 0 amide bonds. The SMILES string of the molecule is CC/N=C\NCC1(O)CCN(Cc2ccc(-c3noc(C)n3)cc2F)CC1. The summed E-state index contributed by atoms with van der Waals surface area (Å²) in [5.74, 6) is 0.555. The molecule has 0 bridgehead atoms. The molecule has 146 valence electrons. The van der Waals surface area contributed by atoms with Gasteiger partial charge < -0.3 is 14.9 Å². The first-order chi connectivity index (χ1) is 13.0. The van der Waals surface area contributed by atoms with Gasteiger partial charge in [-0.1, -0.05) is 17.3 Å². The number of likely N-dealkylation sites (tertiary alicyclic amines) is 1. The van der Waals surface area contributed by atoms with Gasteiger partial charge in [-0.3, -0.25) is 9.89 Å². The summed E-state index contributed by atoms with van der Waals surface area (Å²) >= 11 is 0. The molecule has 7 nitrogen and oxygen atoms in total. The van der Waals surface area contributed by atoms with E-state index in [0.717, 1.165) is 6.54 Å². The van der Waals surface area contributed by atoms with Crippen LogP contribution in [0.15, 0.2) is 27.7 Å². The van der Waals surface area contributed by atoms with Crippen molar-refractivity contribution >= 4 is 6.34 Å². The van der Waals surface area contributed by atoms with E-state index in [4.69, 9.17) is 4.52 Å². The second-order valence-corrected chi connectivity index (χ2v) is 6.95. The minimum absolute atomic E-state index is 0.284. The van der Waals surface area contributed by atoms with E-state index in [2.05, 4.69) is 25.3 Å². The van der Waals surface area contributed by atoms with Crippen molar-refractivity contribution in [3.63, 3.8) is 0 Å². The second kappa shape index (κ2) is 8.58. The van der Waals surface area contributed by atoms with Crippen LogP contribution in [0.4, 0.5) is 4.39 Å². The number of aryl methyl sites for hydroxylation is 1. The number of piperidine rings is 1. The number of nitrogens with zero attached hydrogens (tertiary/aromatic N) is 4. The fourth-order valence-electron chi connectivity index (χ4n) is 3.17. The predicted octanol–water partition coefficient (Wildman–Crippen LogP) is 2.15. The highest BCUT2D eigenvalue weighted by Gasteiger charge is 2.32. The zero-order valence-electron chi connectivity index (χ0n) is 15.8. The number of aliphatic imine (C=N–C) groups is 1. The summed E-state index contributed by atoms with van der Waals surface area (Å²) in [5.41, 5.74) is 0.480. The van der Waals surface area contributed by atoms with Crippen LogP contribution in [-0.4, -0.2) is 58.3 Å². The predicted molar refractivity (Wildman–Crippen MR) is 101 cm³/mol. The Morgan fingerprint density at radius 1 is 1.41 bits per heavy atom. The third-order valence-electron chi connectivity index (χ3n) is 4.82. The second-order valence-electron chi connectivity index (χ2n) is 6.95. The van der Waals surface area contributed by atoms with Crippen molar-refractivity contribution in [2.45, 2.75) is 38.8 Å². The number of benzene rings is 1. The molecule has 1 saturated heterocycles. The number of rotatable bonds is 7. The lowest BCUT2D eigenvalue weighted by Crippen LogP contribution is -2.49. The molecule has 1 aliphatic rings. The van der Waals surface area contributed by atoms with Crippen molar-refractivity contribution < 1.29 is 14.0 Å². The topological polar surface area (TPSA) is 86.8 Å². The monoisotopic (exact) mass is 375 g/mol. The van der Waals surface area contributed by atoms with E-state index < -0.39 is 5.60 Å². The van der Waals surface area contributed by atoms with Crippen LogP contribution < -0.4 is 5.32 Å². The molecule has 1 aromatic heterocycles. The van der Waals surface area contributed by atoms with E-state index >= 15 is 0 Å². The molecule has 0 aliphatic carbocycles. The Hall–Kier alpha value is -2.32. The number of nitrogens with one attached hydrogen (secondary N) is 1. The molecule has 2 heterocycles. The van der Waals surface area contributed by atoms with Gasteiger partial charge in [-0.25, -0.2) is 4.39 Å². The molecule has 27 heavy (non-hydrogen) atoms. The Kier molecular flexibility index (Phi) is 6.18. The molecule has 2 aromatic rings. The summed E-state index contributed by atoms with van der Waals surface area (Å²) in [6, 6.07) is 5.01. The minimum atomic E-state index is -0.741. The van der Waals surface area contributed by atoms with Crippen molar-refractivity contribution in [3.05, 3.63) is 35.5 Å². The zero-order chi connectivity index (χ0) is 19.3. The van der Waals surface area contributed by atoms with E-state index in [9.17, 15) is 9.50 Å². The first-order valence-electron chi connectivity index (χ1n) is 9.24. The number of hydrogen-bond donors (Lipinski definition) is 2. The number of halogens is 1. The van der Waals surface area contributed by atoms with Gasteiger partial charge in [-0.2, -0.15) is 4.98 Å². The molecular formula is C19H26FN5O2. The van der Waals surface area contributed by atoms with E-state index in [0.29, 0.717) is 61.9 Å². The first-order valence-corrected chi connectivity index (χ1v) is 9.24. The molecule has 1 fully saturated rings. The Morgan fingerprint density at radius 2 is 2.19 bits per heavy atom.